The Balaban J connectivity index is 2.34. The van der Waals surface area contributed by atoms with Crippen LogP contribution in [0.1, 0.15) is 26.2 Å². The highest BCUT2D eigenvalue weighted by atomic mass is 16.7. The average Bonchev–Trinajstić information content (AvgIpc) is 2.22. The summed E-state index contributed by atoms with van der Waals surface area (Å²) in [7, 11) is 3.40. The monoisotopic (exact) mass is 216 g/mol. The van der Waals surface area contributed by atoms with E-state index in [0.717, 1.165) is 19.6 Å². The summed E-state index contributed by atoms with van der Waals surface area (Å²) in [5, 5.41) is 0. The maximum absolute atomic E-state index is 5.77. The maximum atomic E-state index is 5.77. The molecule has 4 heteroatoms. The molecule has 0 amide bonds. The first-order chi connectivity index (χ1) is 7.21. The van der Waals surface area contributed by atoms with E-state index in [2.05, 4.69) is 11.8 Å². The first-order valence-corrected chi connectivity index (χ1v) is 5.75. The summed E-state index contributed by atoms with van der Waals surface area (Å²) in [6.07, 6.45) is 3.64. The number of ether oxygens (including phenoxy) is 2. The lowest BCUT2D eigenvalue weighted by atomic mass is 10.00. The van der Waals surface area contributed by atoms with Crippen molar-refractivity contribution in [2.75, 3.05) is 33.9 Å². The van der Waals surface area contributed by atoms with Crippen molar-refractivity contribution in [1.82, 2.24) is 4.90 Å². The molecule has 0 aliphatic carbocycles. The molecule has 2 N–H and O–H groups in total. The van der Waals surface area contributed by atoms with E-state index in [-0.39, 0.29) is 5.79 Å². The van der Waals surface area contributed by atoms with Gasteiger partial charge in [0.25, 0.3) is 0 Å². The molecule has 0 aromatic carbocycles. The standard InChI is InChI=1S/C11H24N2O2/c1-4-5-6-10(7-12)13-8-11(9-13,14-2)15-3/h10H,4-9,12H2,1-3H3. The van der Waals surface area contributed by atoms with Gasteiger partial charge in [0, 0.05) is 26.8 Å². The zero-order valence-electron chi connectivity index (χ0n) is 10.2. The van der Waals surface area contributed by atoms with Gasteiger partial charge in [0.1, 0.15) is 0 Å². The molecule has 4 nitrogen and oxygen atoms in total. The maximum Gasteiger partial charge on any atom is 0.193 e. The number of methoxy groups -OCH3 is 2. The molecule has 1 saturated heterocycles. The normalized spacial score (nSPS) is 22.4. The Hall–Kier alpha value is -0.160. The van der Waals surface area contributed by atoms with Crippen LogP contribution < -0.4 is 5.73 Å². The summed E-state index contributed by atoms with van der Waals surface area (Å²) in [6.45, 7) is 4.61. The predicted octanol–water partition coefficient (Wildman–Crippen LogP) is 0.809. The molecule has 1 fully saturated rings. The Kier molecular flexibility index (Phi) is 4.99. The summed E-state index contributed by atoms with van der Waals surface area (Å²) in [6, 6.07) is 0.489. The van der Waals surface area contributed by atoms with Crippen molar-refractivity contribution in [2.45, 2.75) is 38.0 Å². The van der Waals surface area contributed by atoms with Gasteiger partial charge < -0.3 is 15.2 Å². The number of hydrogen-bond acceptors (Lipinski definition) is 4. The van der Waals surface area contributed by atoms with Crippen LogP contribution in [0.3, 0.4) is 0 Å². The summed E-state index contributed by atoms with van der Waals surface area (Å²) in [5.41, 5.74) is 5.77. The van der Waals surface area contributed by atoms with Crippen molar-refractivity contribution in [3.63, 3.8) is 0 Å². The fourth-order valence-corrected chi connectivity index (χ4v) is 2.06. The fraction of sp³-hybridized carbons (Fsp3) is 1.00. The molecule has 15 heavy (non-hydrogen) atoms. The molecule has 1 heterocycles. The van der Waals surface area contributed by atoms with E-state index < -0.39 is 0 Å². The van der Waals surface area contributed by atoms with Gasteiger partial charge in [0.15, 0.2) is 5.79 Å². The van der Waals surface area contributed by atoms with Crippen LogP contribution in [0.5, 0.6) is 0 Å². The molecule has 0 aromatic heterocycles. The highest BCUT2D eigenvalue weighted by Crippen LogP contribution is 2.28. The third-order valence-electron chi connectivity index (χ3n) is 3.31. The highest BCUT2D eigenvalue weighted by molar-refractivity contribution is 4.93. The topological polar surface area (TPSA) is 47.7 Å². The minimum absolute atomic E-state index is 0.375. The van der Waals surface area contributed by atoms with Gasteiger partial charge in [-0.15, -0.1) is 0 Å². The largest absolute Gasteiger partial charge is 0.351 e. The number of hydrogen-bond donors (Lipinski definition) is 1. The zero-order chi connectivity index (χ0) is 11.3. The van der Waals surface area contributed by atoms with E-state index in [9.17, 15) is 0 Å². The second-order valence-electron chi connectivity index (χ2n) is 4.26. The molecule has 1 atom stereocenters. The van der Waals surface area contributed by atoms with Gasteiger partial charge in [-0.2, -0.15) is 0 Å². The van der Waals surface area contributed by atoms with E-state index in [0.29, 0.717) is 6.04 Å². The molecule has 0 spiro atoms. The lowest BCUT2D eigenvalue weighted by Crippen LogP contribution is -2.67. The number of rotatable bonds is 7. The molecular formula is C11H24N2O2. The lowest BCUT2D eigenvalue weighted by Gasteiger charge is -2.50. The average molecular weight is 216 g/mol. The Bertz CT molecular complexity index is 175. The molecule has 0 saturated carbocycles. The van der Waals surface area contributed by atoms with Crippen molar-refractivity contribution < 1.29 is 9.47 Å². The number of unbranched alkanes of at least 4 members (excludes halogenated alkanes) is 1. The van der Waals surface area contributed by atoms with Crippen LogP contribution in [0.15, 0.2) is 0 Å². The predicted molar refractivity (Wildman–Crippen MR) is 60.7 cm³/mol. The molecule has 1 rings (SSSR count). The number of nitrogens with two attached hydrogens (primary N) is 1. The number of likely N-dealkylation sites (tertiary alicyclic amines) is 1. The van der Waals surface area contributed by atoms with Crippen LogP contribution >= 0.6 is 0 Å². The van der Waals surface area contributed by atoms with Crippen LogP contribution in [-0.4, -0.2) is 50.6 Å². The highest BCUT2D eigenvalue weighted by Gasteiger charge is 2.45. The van der Waals surface area contributed by atoms with E-state index in [1.165, 1.54) is 19.3 Å². The molecular weight excluding hydrogens is 192 g/mol. The third-order valence-corrected chi connectivity index (χ3v) is 3.31. The summed E-state index contributed by atoms with van der Waals surface area (Å²) < 4.78 is 10.7. The van der Waals surface area contributed by atoms with Gasteiger partial charge in [-0.1, -0.05) is 19.8 Å². The minimum atomic E-state index is -0.375. The molecule has 1 aliphatic heterocycles. The van der Waals surface area contributed by atoms with Crippen LogP contribution in [0.2, 0.25) is 0 Å². The van der Waals surface area contributed by atoms with Crippen LogP contribution in [0, 0.1) is 0 Å². The van der Waals surface area contributed by atoms with Crippen molar-refractivity contribution in [1.29, 1.82) is 0 Å². The molecule has 0 bridgehead atoms. The van der Waals surface area contributed by atoms with Crippen LogP contribution in [-0.2, 0) is 9.47 Å². The van der Waals surface area contributed by atoms with Gasteiger partial charge in [-0.05, 0) is 6.42 Å². The summed E-state index contributed by atoms with van der Waals surface area (Å²) >= 11 is 0. The van der Waals surface area contributed by atoms with Crippen molar-refractivity contribution in [2.24, 2.45) is 5.73 Å². The molecule has 1 aliphatic rings. The van der Waals surface area contributed by atoms with Crippen LogP contribution in [0.25, 0.3) is 0 Å². The third kappa shape index (κ3) is 2.91. The fourth-order valence-electron chi connectivity index (χ4n) is 2.06. The molecule has 0 radical (unpaired) electrons. The molecule has 0 aromatic rings. The Labute approximate surface area is 92.7 Å². The zero-order valence-corrected chi connectivity index (χ0v) is 10.2. The summed E-state index contributed by atoms with van der Waals surface area (Å²) in [4.78, 5) is 2.35. The Morgan fingerprint density at radius 2 is 1.93 bits per heavy atom. The Morgan fingerprint density at radius 3 is 2.33 bits per heavy atom. The van der Waals surface area contributed by atoms with E-state index in [1.54, 1.807) is 14.2 Å². The quantitative estimate of drug-likeness (QED) is 0.640. The smallest absolute Gasteiger partial charge is 0.193 e. The first kappa shape index (κ1) is 12.9. The van der Waals surface area contributed by atoms with Gasteiger partial charge in [-0.3, -0.25) is 4.90 Å². The second-order valence-corrected chi connectivity index (χ2v) is 4.26. The van der Waals surface area contributed by atoms with Gasteiger partial charge in [-0.25, -0.2) is 0 Å². The van der Waals surface area contributed by atoms with Crippen molar-refractivity contribution in [3.8, 4) is 0 Å². The number of nitrogens with zero attached hydrogens (tertiary/aromatic N) is 1. The van der Waals surface area contributed by atoms with E-state index in [4.69, 9.17) is 15.2 Å². The van der Waals surface area contributed by atoms with E-state index in [1.807, 2.05) is 0 Å². The van der Waals surface area contributed by atoms with Crippen molar-refractivity contribution >= 4 is 0 Å². The Morgan fingerprint density at radius 1 is 1.33 bits per heavy atom. The van der Waals surface area contributed by atoms with Crippen molar-refractivity contribution in [3.05, 3.63) is 0 Å². The second kappa shape index (κ2) is 5.80. The van der Waals surface area contributed by atoms with E-state index >= 15 is 0 Å². The summed E-state index contributed by atoms with van der Waals surface area (Å²) in [5.74, 6) is -0.375. The van der Waals surface area contributed by atoms with Crippen LogP contribution in [0.4, 0.5) is 0 Å². The van der Waals surface area contributed by atoms with Gasteiger partial charge in [0.2, 0.25) is 0 Å². The SMILES string of the molecule is CCCCC(CN)N1CC(OC)(OC)C1. The first-order valence-electron chi connectivity index (χ1n) is 5.75. The molecule has 1 unspecified atom stereocenters. The van der Waals surface area contributed by atoms with Gasteiger partial charge >= 0.3 is 0 Å². The minimum Gasteiger partial charge on any atom is -0.351 e. The molecule has 90 valence electrons. The van der Waals surface area contributed by atoms with Gasteiger partial charge in [0.05, 0.1) is 13.1 Å². The lowest BCUT2D eigenvalue weighted by molar-refractivity contribution is -0.282.